The molecule has 2 aromatic heterocycles. The number of carbonyl (C=O) groups excluding carboxylic acids is 2. The van der Waals surface area contributed by atoms with Gasteiger partial charge in [-0.2, -0.15) is 4.98 Å². The summed E-state index contributed by atoms with van der Waals surface area (Å²) < 4.78 is 12.6. The third-order valence-electron chi connectivity index (χ3n) is 7.48. The average molecular weight is 593 g/mol. The first-order valence-electron chi connectivity index (χ1n) is 13.0. The molecule has 210 valence electrons. The third kappa shape index (κ3) is 3.74. The number of imidazole rings is 1. The second-order valence-corrected chi connectivity index (χ2v) is 10.9. The van der Waals surface area contributed by atoms with Gasteiger partial charge in [-0.1, -0.05) is 42.3 Å². The highest BCUT2D eigenvalue weighted by atomic mass is 35.5. The molecule has 0 fully saturated rings. The summed E-state index contributed by atoms with van der Waals surface area (Å²) >= 11 is 12.8. The van der Waals surface area contributed by atoms with Crippen LogP contribution in [0, 0.1) is 0 Å². The van der Waals surface area contributed by atoms with Gasteiger partial charge in [-0.3, -0.25) is 14.5 Å². The largest absolute Gasteiger partial charge is 0.480 e. The predicted octanol–water partition coefficient (Wildman–Crippen LogP) is 5.66. The van der Waals surface area contributed by atoms with Crippen LogP contribution in [0.2, 0.25) is 10.0 Å². The van der Waals surface area contributed by atoms with Crippen molar-refractivity contribution in [3.63, 3.8) is 0 Å². The zero-order valence-corrected chi connectivity index (χ0v) is 24.5. The van der Waals surface area contributed by atoms with E-state index in [2.05, 4.69) is 15.3 Å². The molecule has 2 aliphatic heterocycles. The number of carbonyl (C=O) groups is 2. The molecule has 0 bridgehead atoms. The summed E-state index contributed by atoms with van der Waals surface area (Å²) in [5.74, 6) is -0.250. The molecule has 0 saturated carbocycles. The van der Waals surface area contributed by atoms with Crippen LogP contribution in [0.3, 0.4) is 0 Å². The second-order valence-electron chi connectivity index (χ2n) is 10.00. The van der Waals surface area contributed by atoms with Crippen molar-refractivity contribution in [2.24, 2.45) is 0 Å². The number of methoxy groups -OCH3 is 2. The molecule has 4 aromatic rings. The molecule has 0 saturated heterocycles. The first-order valence-corrected chi connectivity index (χ1v) is 13.7. The number of halogens is 2. The van der Waals surface area contributed by atoms with E-state index in [0.717, 1.165) is 5.56 Å². The highest BCUT2D eigenvalue weighted by Crippen LogP contribution is 2.55. The number of nitrogens with zero attached hydrogens (tertiary/aromatic N) is 5. The fourth-order valence-corrected chi connectivity index (χ4v) is 6.14. The normalized spacial score (nSPS) is 17.3. The van der Waals surface area contributed by atoms with Crippen molar-refractivity contribution in [2.75, 3.05) is 24.4 Å². The number of fused-ring (bicyclic) bond motifs is 4. The summed E-state index contributed by atoms with van der Waals surface area (Å²) in [4.78, 5) is 43.9. The summed E-state index contributed by atoms with van der Waals surface area (Å²) in [6.45, 7) is 5.89. The van der Waals surface area contributed by atoms with Crippen molar-refractivity contribution >= 4 is 46.4 Å². The number of rotatable bonds is 6. The number of benzene rings is 2. The van der Waals surface area contributed by atoms with Crippen LogP contribution < -0.4 is 19.7 Å². The zero-order chi connectivity index (χ0) is 29.2. The first-order chi connectivity index (χ1) is 19.7. The van der Waals surface area contributed by atoms with E-state index in [9.17, 15) is 9.59 Å². The van der Waals surface area contributed by atoms with Crippen molar-refractivity contribution < 1.29 is 19.1 Å². The standard InChI is InChI=1S/C29H26Cl2N6O4/c1-6-15-7-8-17(31)12-21(15)37-26(38)22-23(29(37)19-10-9-16(30)11-20(19)33-27(29)39)36(14(2)3)24(34-22)18-13-32-28(41-5)35-25(18)40-4/h7-14H,6H2,1-5H3,(H,33,39)/t29-/m1/s1. The molecule has 1 spiro atoms. The molecule has 0 radical (unpaired) electrons. The number of amides is 2. The maximum atomic E-state index is 14.6. The number of ether oxygens (including phenoxy) is 2. The van der Waals surface area contributed by atoms with Crippen LogP contribution in [-0.4, -0.2) is 45.6 Å². The van der Waals surface area contributed by atoms with E-state index in [1.807, 2.05) is 31.4 Å². The van der Waals surface area contributed by atoms with Gasteiger partial charge in [0, 0.05) is 33.5 Å². The lowest BCUT2D eigenvalue weighted by Gasteiger charge is -2.36. The Bertz CT molecular complexity index is 1750. The lowest BCUT2D eigenvalue weighted by molar-refractivity contribution is -0.119. The molecule has 0 aliphatic carbocycles. The molecule has 10 nitrogen and oxygen atoms in total. The van der Waals surface area contributed by atoms with Crippen molar-refractivity contribution in [2.45, 2.75) is 38.8 Å². The zero-order valence-electron chi connectivity index (χ0n) is 23.0. The van der Waals surface area contributed by atoms with Gasteiger partial charge in [0.2, 0.25) is 5.88 Å². The van der Waals surface area contributed by atoms with E-state index in [4.69, 9.17) is 37.7 Å². The molecule has 6 rings (SSSR count). The van der Waals surface area contributed by atoms with Crippen LogP contribution in [0.1, 0.15) is 54.1 Å². The van der Waals surface area contributed by atoms with Crippen LogP contribution >= 0.6 is 23.2 Å². The monoisotopic (exact) mass is 592 g/mol. The van der Waals surface area contributed by atoms with Crippen LogP contribution in [0.15, 0.2) is 42.6 Å². The maximum Gasteiger partial charge on any atom is 0.319 e. The summed E-state index contributed by atoms with van der Waals surface area (Å²) in [7, 11) is 2.93. The SMILES string of the molecule is CCc1ccc(Cl)cc1N1C(=O)c2nc(-c3cnc(OC)nc3OC)n(C(C)C)c2[C@]12C(=O)Nc1cc(Cl)ccc12. The van der Waals surface area contributed by atoms with Crippen molar-refractivity contribution in [1.29, 1.82) is 0 Å². The van der Waals surface area contributed by atoms with Crippen LogP contribution in [0.4, 0.5) is 11.4 Å². The summed E-state index contributed by atoms with van der Waals surface area (Å²) in [5, 5.41) is 3.87. The Morgan fingerprint density at radius 2 is 1.76 bits per heavy atom. The van der Waals surface area contributed by atoms with Crippen LogP contribution in [0.5, 0.6) is 11.9 Å². The molecule has 41 heavy (non-hydrogen) atoms. The molecule has 2 amide bonds. The Kier molecular flexibility index (Phi) is 6.43. The fourth-order valence-electron chi connectivity index (χ4n) is 5.80. The van der Waals surface area contributed by atoms with Gasteiger partial charge in [-0.05, 0) is 50.1 Å². The number of aryl methyl sites for hydroxylation is 1. The molecular weight excluding hydrogens is 567 g/mol. The number of nitrogens with one attached hydrogen (secondary N) is 1. The van der Waals surface area contributed by atoms with E-state index in [0.29, 0.717) is 50.5 Å². The van der Waals surface area contributed by atoms with Gasteiger partial charge in [-0.25, -0.2) is 9.97 Å². The van der Waals surface area contributed by atoms with Gasteiger partial charge in [-0.15, -0.1) is 0 Å². The van der Waals surface area contributed by atoms with Crippen LogP contribution in [-0.2, 0) is 16.8 Å². The van der Waals surface area contributed by atoms with Gasteiger partial charge in [0.15, 0.2) is 11.2 Å². The number of aromatic nitrogens is 4. The van der Waals surface area contributed by atoms with Gasteiger partial charge < -0.3 is 19.4 Å². The fraction of sp³-hybridized carbons (Fsp3) is 0.276. The Morgan fingerprint density at radius 1 is 1.02 bits per heavy atom. The Morgan fingerprint density at radius 3 is 2.44 bits per heavy atom. The number of hydrogen-bond acceptors (Lipinski definition) is 7. The van der Waals surface area contributed by atoms with E-state index in [1.165, 1.54) is 25.3 Å². The Hall–Kier alpha value is -4.15. The Balaban J connectivity index is 1.73. The molecule has 4 heterocycles. The third-order valence-corrected chi connectivity index (χ3v) is 7.95. The van der Waals surface area contributed by atoms with E-state index >= 15 is 0 Å². The van der Waals surface area contributed by atoms with E-state index < -0.39 is 17.4 Å². The van der Waals surface area contributed by atoms with E-state index in [-0.39, 0.29) is 23.6 Å². The minimum absolute atomic E-state index is 0.119. The van der Waals surface area contributed by atoms with Gasteiger partial charge in [0.05, 0.1) is 31.2 Å². The predicted molar refractivity (Wildman–Crippen MR) is 155 cm³/mol. The van der Waals surface area contributed by atoms with Gasteiger partial charge in [0.25, 0.3) is 11.8 Å². The number of anilines is 2. The van der Waals surface area contributed by atoms with Gasteiger partial charge in [0.1, 0.15) is 5.82 Å². The molecule has 2 aliphatic rings. The average Bonchev–Trinajstić information content (AvgIpc) is 3.56. The molecule has 12 heteroatoms. The first kappa shape index (κ1) is 27.0. The molecule has 0 unspecified atom stereocenters. The topological polar surface area (TPSA) is 111 Å². The van der Waals surface area contributed by atoms with Gasteiger partial charge >= 0.3 is 6.01 Å². The highest BCUT2D eigenvalue weighted by molar-refractivity contribution is 6.32. The van der Waals surface area contributed by atoms with Crippen molar-refractivity contribution in [3.8, 4) is 23.3 Å². The second kappa shape index (κ2) is 9.74. The summed E-state index contributed by atoms with van der Waals surface area (Å²) in [6.07, 6.45) is 2.14. The molecule has 2 aromatic carbocycles. The quantitative estimate of drug-likeness (QED) is 0.307. The molecule has 1 N–H and O–H groups in total. The van der Waals surface area contributed by atoms with Crippen LogP contribution in [0.25, 0.3) is 11.4 Å². The minimum Gasteiger partial charge on any atom is -0.480 e. The molecular formula is C29H26Cl2N6O4. The Labute approximate surface area is 246 Å². The lowest BCUT2D eigenvalue weighted by Crippen LogP contribution is -2.51. The summed E-state index contributed by atoms with van der Waals surface area (Å²) in [6, 6.07) is 10.4. The number of hydrogen-bond donors (Lipinski definition) is 1. The smallest absolute Gasteiger partial charge is 0.319 e. The van der Waals surface area contributed by atoms with E-state index in [1.54, 1.807) is 30.3 Å². The lowest BCUT2D eigenvalue weighted by atomic mass is 9.86. The highest BCUT2D eigenvalue weighted by Gasteiger charge is 2.64. The molecule has 1 atom stereocenters. The summed E-state index contributed by atoms with van der Waals surface area (Å²) in [5.41, 5.74) is 1.86. The minimum atomic E-state index is -1.60. The van der Waals surface area contributed by atoms with Crippen molar-refractivity contribution in [1.82, 2.24) is 19.5 Å². The maximum absolute atomic E-state index is 14.6. The van der Waals surface area contributed by atoms with Crippen molar-refractivity contribution in [3.05, 3.63) is 75.2 Å².